The van der Waals surface area contributed by atoms with Crippen molar-refractivity contribution in [3.8, 4) is 11.3 Å². The summed E-state index contributed by atoms with van der Waals surface area (Å²) in [6, 6.07) is 15.7. The first-order valence-electron chi connectivity index (χ1n) is 11.9. The molecule has 0 atom stereocenters. The van der Waals surface area contributed by atoms with Crippen molar-refractivity contribution in [3.05, 3.63) is 81.6 Å². The summed E-state index contributed by atoms with van der Waals surface area (Å²) in [5, 5.41) is 12.6. The van der Waals surface area contributed by atoms with Crippen molar-refractivity contribution in [2.75, 3.05) is 18.4 Å². The average Bonchev–Trinajstić information content (AvgIpc) is 3.71. The van der Waals surface area contributed by atoms with Gasteiger partial charge in [0, 0.05) is 41.9 Å². The number of anilines is 1. The second-order valence-electron chi connectivity index (χ2n) is 8.98. The maximum atomic E-state index is 12.4. The zero-order valence-electron chi connectivity index (χ0n) is 20.3. The van der Waals surface area contributed by atoms with Crippen molar-refractivity contribution in [1.82, 2.24) is 20.4 Å². The fourth-order valence-corrected chi connectivity index (χ4v) is 3.68. The van der Waals surface area contributed by atoms with Gasteiger partial charge in [-0.2, -0.15) is 5.10 Å². The van der Waals surface area contributed by atoms with Crippen LogP contribution in [0.5, 0.6) is 0 Å². The van der Waals surface area contributed by atoms with Gasteiger partial charge in [-0.25, -0.2) is 4.68 Å². The number of hydrogen-bond donors (Lipinski definition) is 3. The van der Waals surface area contributed by atoms with Crippen LogP contribution in [0.25, 0.3) is 11.3 Å². The molecule has 1 aromatic heterocycles. The number of benzene rings is 2. The van der Waals surface area contributed by atoms with Gasteiger partial charge in [-0.3, -0.25) is 19.2 Å². The summed E-state index contributed by atoms with van der Waals surface area (Å²) in [6.07, 6.45) is 1.85. The number of rotatable bonds is 9. The van der Waals surface area contributed by atoms with E-state index in [-0.39, 0.29) is 48.8 Å². The van der Waals surface area contributed by atoms with Crippen LogP contribution in [0.15, 0.2) is 59.4 Å². The molecular weight excluding hydrogens is 458 g/mol. The molecular formula is C27H29N5O4. The molecule has 1 fully saturated rings. The number of aromatic nitrogens is 2. The first kappa shape index (κ1) is 24.8. The number of aryl methyl sites for hydroxylation is 2. The van der Waals surface area contributed by atoms with E-state index in [9.17, 15) is 19.2 Å². The van der Waals surface area contributed by atoms with Crippen molar-refractivity contribution >= 4 is 23.4 Å². The summed E-state index contributed by atoms with van der Waals surface area (Å²) in [6.45, 7) is 4.14. The molecule has 3 N–H and O–H groups in total. The third-order valence-electron chi connectivity index (χ3n) is 5.92. The van der Waals surface area contributed by atoms with Crippen molar-refractivity contribution in [1.29, 1.82) is 0 Å². The fraction of sp³-hybridized carbons (Fsp3) is 0.296. The van der Waals surface area contributed by atoms with Gasteiger partial charge in [-0.1, -0.05) is 17.7 Å². The highest BCUT2D eigenvalue weighted by atomic mass is 16.2. The standard InChI is InChI=1S/C27H29N5O4/c1-17-3-4-18(2)22(15-17)23-11-12-25(34)32(31-23)16-24(33)28-13-14-29-26(35)19-7-9-21(10-8-19)30-27(36)20-5-6-20/h3-4,7-12,15,20H,5-6,13-14,16H2,1-2H3,(H,28,33)(H,29,35)(H,30,36). The Morgan fingerprint density at radius 3 is 2.39 bits per heavy atom. The normalized spacial score (nSPS) is 12.6. The fourth-order valence-electron chi connectivity index (χ4n) is 3.68. The van der Waals surface area contributed by atoms with Crippen molar-refractivity contribution < 1.29 is 14.4 Å². The lowest BCUT2D eigenvalue weighted by molar-refractivity contribution is -0.122. The zero-order valence-corrected chi connectivity index (χ0v) is 20.3. The summed E-state index contributed by atoms with van der Waals surface area (Å²) in [7, 11) is 0. The molecule has 1 aliphatic rings. The Morgan fingerprint density at radius 1 is 0.944 bits per heavy atom. The molecule has 3 amide bonds. The van der Waals surface area contributed by atoms with E-state index in [2.05, 4.69) is 21.0 Å². The second-order valence-corrected chi connectivity index (χ2v) is 8.98. The third-order valence-corrected chi connectivity index (χ3v) is 5.92. The van der Waals surface area contributed by atoms with Crippen LogP contribution in [-0.4, -0.2) is 40.6 Å². The first-order chi connectivity index (χ1) is 17.3. The summed E-state index contributed by atoms with van der Waals surface area (Å²) >= 11 is 0. The summed E-state index contributed by atoms with van der Waals surface area (Å²) in [5.41, 5.74) is 4.36. The van der Waals surface area contributed by atoms with Gasteiger partial charge in [-0.05, 0) is 68.7 Å². The van der Waals surface area contributed by atoms with Crippen LogP contribution in [0, 0.1) is 19.8 Å². The van der Waals surface area contributed by atoms with Gasteiger partial charge >= 0.3 is 0 Å². The molecule has 2 aromatic carbocycles. The first-order valence-corrected chi connectivity index (χ1v) is 11.9. The van der Waals surface area contributed by atoms with Crippen LogP contribution < -0.4 is 21.5 Å². The summed E-state index contributed by atoms with van der Waals surface area (Å²) in [5.74, 6) is -0.549. The largest absolute Gasteiger partial charge is 0.353 e. The molecule has 0 radical (unpaired) electrons. The van der Waals surface area contributed by atoms with Crippen LogP contribution in [0.3, 0.4) is 0 Å². The van der Waals surface area contributed by atoms with Crippen molar-refractivity contribution in [2.24, 2.45) is 5.92 Å². The van der Waals surface area contributed by atoms with Gasteiger partial charge in [0.2, 0.25) is 11.8 Å². The van der Waals surface area contributed by atoms with Crippen LogP contribution in [0.1, 0.15) is 34.3 Å². The maximum Gasteiger partial charge on any atom is 0.267 e. The molecule has 9 nitrogen and oxygen atoms in total. The highest BCUT2D eigenvalue weighted by molar-refractivity contribution is 5.96. The Balaban J connectivity index is 1.25. The highest BCUT2D eigenvalue weighted by Crippen LogP contribution is 2.30. The molecule has 9 heteroatoms. The molecule has 3 aromatic rings. The minimum atomic E-state index is -0.382. The number of amides is 3. The minimum absolute atomic E-state index is 0.0115. The Labute approximate surface area is 208 Å². The maximum absolute atomic E-state index is 12.4. The molecule has 1 saturated carbocycles. The number of carbonyl (C=O) groups is 3. The van der Waals surface area contributed by atoms with Gasteiger partial charge in [0.25, 0.3) is 11.5 Å². The van der Waals surface area contributed by atoms with Crippen LogP contribution in [0.4, 0.5) is 5.69 Å². The molecule has 0 unspecified atom stereocenters. The lowest BCUT2D eigenvalue weighted by Crippen LogP contribution is -2.38. The molecule has 0 aliphatic heterocycles. The molecule has 186 valence electrons. The SMILES string of the molecule is Cc1ccc(C)c(-c2ccc(=O)n(CC(=O)NCCNC(=O)c3ccc(NC(=O)C4CC4)cc3)n2)c1. The van der Waals surface area contributed by atoms with Gasteiger partial charge < -0.3 is 16.0 Å². The van der Waals surface area contributed by atoms with E-state index in [0.29, 0.717) is 16.9 Å². The smallest absolute Gasteiger partial charge is 0.267 e. The molecule has 1 aliphatic carbocycles. The Kier molecular flexibility index (Phi) is 7.58. The van der Waals surface area contributed by atoms with Crippen LogP contribution in [0.2, 0.25) is 0 Å². The Hall–Kier alpha value is -4.27. The van der Waals surface area contributed by atoms with E-state index >= 15 is 0 Å². The number of nitrogens with one attached hydrogen (secondary N) is 3. The predicted octanol–water partition coefficient (Wildman–Crippen LogP) is 2.42. The second kappa shape index (κ2) is 11.0. The summed E-state index contributed by atoms with van der Waals surface area (Å²) < 4.78 is 1.13. The number of nitrogens with zero attached hydrogens (tertiary/aromatic N) is 2. The van der Waals surface area contributed by atoms with E-state index in [0.717, 1.165) is 34.2 Å². The molecule has 0 spiro atoms. The van der Waals surface area contributed by atoms with Crippen molar-refractivity contribution in [3.63, 3.8) is 0 Å². The van der Waals surface area contributed by atoms with E-state index in [4.69, 9.17) is 0 Å². The minimum Gasteiger partial charge on any atom is -0.353 e. The van der Waals surface area contributed by atoms with E-state index in [1.54, 1.807) is 30.3 Å². The van der Waals surface area contributed by atoms with E-state index in [1.165, 1.54) is 6.07 Å². The van der Waals surface area contributed by atoms with Gasteiger partial charge in [0.1, 0.15) is 6.54 Å². The van der Waals surface area contributed by atoms with Crippen molar-refractivity contribution in [2.45, 2.75) is 33.2 Å². The topological polar surface area (TPSA) is 122 Å². The monoisotopic (exact) mass is 487 g/mol. The van der Waals surface area contributed by atoms with E-state index < -0.39 is 0 Å². The predicted molar refractivity (Wildman–Crippen MR) is 137 cm³/mol. The third kappa shape index (κ3) is 6.44. The molecule has 0 bridgehead atoms. The number of hydrogen-bond acceptors (Lipinski definition) is 5. The van der Waals surface area contributed by atoms with Crippen LogP contribution >= 0.6 is 0 Å². The molecule has 0 saturated heterocycles. The zero-order chi connectivity index (χ0) is 25.7. The van der Waals surface area contributed by atoms with Gasteiger partial charge in [0.15, 0.2) is 0 Å². The van der Waals surface area contributed by atoms with E-state index in [1.807, 2.05) is 32.0 Å². The quantitative estimate of drug-likeness (QED) is 0.400. The Morgan fingerprint density at radius 2 is 1.67 bits per heavy atom. The average molecular weight is 488 g/mol. The highest BCUT2D eigenvalue weighted by Gasteiger charge is 2.29. The summed E-state index contributed by atoms with van der Waals surface area (Å²) in [4.78, 5) is 48.7. The number of carbonyl (C=O) groups excluding carboxylic acids is 3. The van der Waals surface area contributed by atoms with Gasteiger partial charge in [-0.15, -0.1) is 0 Å². The lowest BCUT2D eigenvalue weighted by Gasteiger charge is -2.11. The van der Waals surface area contributed by atoms with Gasteiger partial charge in [0.05, 0.1) is 5.69 Å². The lowest BCUT2D eigenvalue weighted by atomic mass is 10.0. The molecule has 36 heavy (non-hydrogen) atoms. The molecule has 4 rings (SSSR count). The Bertz CT molecular complexity index is 1340. The molecule has 1 heterocycles. The van der Waals surface area contributed by atoms with Crippen LogP contribution in [-0.2, 0) is 16.1 Å².